The maximum absolute atomic E-state index is 9.51. The standard InChI is InChI=1S/C17H18Cl2N2/c1-11(2)7-17(21)8-12(10-20)16(15(19)9-17)13-5-3-4-6-14(13)18/h3-6,9,11H,7-8,21H2,1-2H3. The third kappa shape index (κ3) is 3.49. The summed E-state index contributed by atoms with van der Waals surface area (Å²) in [6.07, 6.45) is 3.14. The Labute approximate surface area is 135 Å². The van der Waals surface area contributed by atoms with Crippen LogP contribution in [0.1, 0.15) is 32.3 Å². The van der Waals surface area contributed by atoms with Crippen molar-refractivity contribution in [1.29, 1.82) is 5.26 Å². The maximum Gasteiger partial charge on any atom is 0.0955 e. The summed E-state index contributed by atoms with van der Waals surface area (Å²) in [5, 5.41) is 10.6. The van der Waals surface area contributed by atoms with Crippen molar-refractivity contribution >= 4 is 28.8 Å². The van der Waals surface area contributed by atoms with Crippen LogP contribution in [0.2, 0.25) is 5.02 Å². The molecule has 110 valence electrons. The molecule has 0 heterocycles. The second-order valence-electron chi connectivity index (χ2n) is 5.95. The van der Waals surface area contributed by atoms with E-state index in [0.717, 1.165) is 12.0 Å². The molecule has 1 aromatic carbocycles. The van der Waals surface area contributed by atoms with E-state index < -0.39 is 5.54 Å². The monoisotopic (exact) mass is 320 g/mol. The van der Waals surface area contributed by atoms with E-state index in [1.807, 2.05) is 24.3 Å². The second-order valence-corrected chi connectivity index (χ2v) is 6.76. The minimum absolute atomic E-state index is 0.428. The normalized spacial score (nSPS) is 22.2. The van der Waals surface area contributed by atoms with E-state index in [-0.39, 0.29) is 0 Å². The quantitative estimate of drug-likeness (QED) is 0.862. The van der Waals surface area contributed by atoms with Gasteiger partial charge in [0.2, 0.25) is 0 Å². The molecular weight excluding hydrogens is 303 g/mol. The van der Waals surface area contributed by atoms with Gasteiger partial charge in [-0.3, -0.25) is 0 Å². The first-order valence-electron chi connectivity index (χ1n) is 6.92. The van der Waals surface area contributed by atoms with Gasteiger partial charge in [0.15, 0.2) is 0 Å². The molecule has 0 spiro atoms. The lowest BCUT2D eigenvalue weighted by molar-refractivity contribution is 0.406. The Kier molecular flexibility index (Phi) is 4.78. The molecule has 1 aromatic rings. The van der Waals surface area contributed by atoms with Crippen molar-refractivity contribution in [2.45, 2.75) is 32.2 Å². The van der Waals surface area contributed by atoms with Crippen LogP contribution in [0.25, 0.3) is 5.57 Å². The molecule has 1 atom stereocenters. The molecule has 0 fully saturated rings. The van der Waals surface area contributed by atoms with Gasteiger partial charge in [0.25, 0.3) is 0 Å². The molecule has 2 rings (SSSR count). The molecule has 21 heavy (non-hydrogen) atoms. The summed E-state index contributed by atoms with van der Waals surface area (Å²) < 4.78 is 0. The fourth-order valence-corrected chi connectivity index (χ4v) is 3.54. The van der Waals surface area contributed by atoms with Crippen LogP contribution in [0.15, 0.2) is 40.9 Å². The van der Waals surface area contributed by atoms with Gasteiger partial charge in [-0.2, -0.15) is 5.26 Å². The molecule has 2 nitrogen and oxygen atoms in total. The van der Waals surface area contributed by atoms with Crippen LogP contribution < -0.4 is 5.73 Å². The lowest BCUT2D eigenvalue weighted by atomic mass is 9.78. The Morgan fingerprint density at radius 1 is 1.33 bits per heavy atom. The molecule has 1 aliphatic carbocycles. The number of nitrogens with two attached hydrogens (primary N) is 1. The van der Waals surface area contributed by atoms with Crippen LogP contribution in [0.3, 0.4) is 0 Å². The summed E-state index contributed by atoms with van der Waals surface area (Å²) in [4.78, 5) is 0. The van der Waals surface area contributed by atoms with Crippen LogP contribution >= 0.6 is 23.2 Å². The van der Waals surface area contributed by atoms with Gasteiger partial charge in [0.1, 0.15) is 0 Å². The first-order chi connectivity index (χ1) is 9.86. The van der Waals surface area contributed by atoms with Crippen molar-refractivity contribution in [2.75, 3.05) is 0 Å². The van der Waals surface area contributed by atoms with Crippen LogP contribution in [-0.4, -0.2) is 5.54 Å². The molecule has 1 aliphatic rings. The van der Waals surface area contributed by atoms with Crippen LogP contribution in [0.4, 0.5) is 0 Å². The fourth-order valence-electron chi connectivity index (χ4n) is 2.88. The number of rotatable bonds is 3. The number of hydrogen-bond acceptors (Lipinski definition) is 2. The summed E-state index contributed by atoms with van der Waals surface area (Å²) in [6, 6.07) is 9.65. The fraction of sp³-hybridized carbons (Fsp3) is 0.353. The molecule has 0 aromatic heterocycles. The minimum Gasteiger partial charge on any atom is -0.322 e. The summed E-state index contributed by atoms with van der Waals surface area (Å²) in [6.45, 7) is 4.21. The van der Waals surface area contributed by atoms with Crippen molar-refractivity contribution in [2.24, 2.45) is 11.7 Å². The molecule has 0 bridgehead atoms. The Bertz CT molecular complexity index is 653. The van der Waals surface area contributed by atoms with Gasteiger partial charge in [-0.05, 0) is 24.5 Å². The predicted molar refractivity (Wildman–Crippen MR) is 88.9 cm³/mol. The highest BCUT2D eigenvalue weighted by Gasteiger charge is 2.32. The topological polar surface area (TPSA) is 49.8 Å². The lowest BCUT2D eigenvalue weighted by Gasteiger charge is -2.32. The summed E-state index contributed by atoms with van der Waals surface area (Å²) in [7, 11) is 0. The summed E-state index contributed by atoms with van der Waals surface area (Å²) in [5.74, 6) is 0.428. The van der Waals surface area contributed by atoms with Gasteiger partial charge in [-0.15, -0.1) is 0 Å². The van der Waals surface area contributed by atoms with Crippen LogP contribution in [-0.2, 0) is 0 Å². The number of nitriles is 1. The molecule has 2 N–H and O–H groups in total. The highest BCUT2D eigenvalue weighted by molar-refractivity contribution is 6.39. The van der Waals surface area contributed by atoms with Crippen molar-refractivity contribution in [1.82, 2.24) is 0 Å². The van der Waals surface area contributed by atoms with Crippen molar-refractivity contribution in [3.63, 3.8) is 0 Å². The molecule has 0 radical (unpaired) electrons. The zero-order chi connectivity index (χ0) is 15.6. The molecule has 0 saturated carbocycles. The van der Waals surface area contributed by atoms with E-state index in [1.165, 1.54) is 0 Å². The summed E-state index contributed by atoms with van der Waals surface area (Å²) >= 11 is 12.7. The number of benzene rings is 1. The Hall–Kier alpha value is -1.27. The average Bonchev–Trinajstić information content (AvgIpc) is 2.38. The van der Waals surface area contributed by atoms with Gasteiger partial charge in [-0.25, -0.2) is 0 Å². The lowest BCUT2D eigenvalue weighted by Crippen LogP contribution is -2.41. The van der Waals surface area contributed by atoms with Crippen LogP contribution in [0.5, 0.6) is 0 Å². The number of hydrogen-bond donors (Lipinski definition) is 1. The Morgan fingerprint density at radius 3 is 2.57 bits per heavy atom. The number of halogens is 2. The average molecular weight is 321 g/mol. The Balaban J connectivity index is 2.51. The first kappa shape index (κ1) is 16.1. The number of nitrogens with zero attached hydrogens (tertiary/aromatic N) is 1. The molecular formula is C17H18Cl2N2. The second kappa shape index (κ2) is 6.23. The smallest absolute Gasteiger partial charge is 0.0955 e. The summed E-state index contributed by atoms with van der Waals surface area (Å²) in [5.41, 5.74) is 7.93. The number of allylic oxidation sites excluding steroid dienone is 2. The molecule has 0 saturated heterocycles. The van der Waals surface area contributed by atoms with Crippen molar-refractivity contribution in [3.8, 4) is 6.07 Å². The largest absolute Gasteiger partial charge is 0.322 e. The van der Waals surface area contributed by atoms with Gasteiger partial charge < -0.3 is 5.73 Å². The third-order valence-corrected chi connectivity index (χ3v) is 4.15. The molecule has 0 amide bonds. The SMILES string of the molecule is CC(C)CC1(N)C=C(Cl)C(c2ccccc2Cl)=C(C#N)C1. The van der Waals surface area contributed by atoms with Gasteiger partial charge in [0.05, 0.1) is 6.07 Å². The van der Waals surface area contributed by atoms with E-state index in [9.17, 15) is 5.26 Å². The zero-order valence-corrected chi connectivity index (χ0v) is 13.7. The van der Waals surface area contributed by atoms with Crippen molar-refractivity contribution in [3.05, 3.63) is 51.5 Å². The van der Waals surface area contributed by atoms with E-state index >= 15 is 0 Å². The van der Waals surface area contributed by atoms with E-state index in [4.69, 9.17) is 28.9 Å². The van der Waals surface area contributed by atoms with Gasteiger partial charge in [-0.1, -0.05) is 55.2 Å². The molecule has 0 aliphatic heterocycles. The van der Waals surface area contributed by atoms with Gasteiger partial charge in [0, 0.05) is 38.7 Å². The zero-order valence-electron chi connectivity index (χ0n) is 12.2. The Morgan fingerprint density at radius 2 is 2.00 bits per heavy atom. The minimum atomic E-state index is -0.568. The molecule has 4 heteroatoms. The van der Waals surface area contributed by atoms with E-state index in [1.54, 1.807) is 6.07 Å². The highest BCUT2D eigenvalue weighted by atomic mass is 35.5. The third-order valence-electron chi connectivity index (χ3n) is 3.53. The maximum atomic E-state index is 9.51. The highest BCUT2D eigenvalue weighted by Crippen LogP contribution is 2.42. The first-order valence-corrected chi connectivity index (χ1v) is 7.67. The van der Waals surface area contributed by atoms with Gasteiger partial charge >= 0.3 is 0 Å². The predicted octanol–water partition coefficient (Wildman–Crippen LogP) is 4.89. The van der Waals surface area contributed by atoms with E-state index in [0.29, 0.717) is 33.5 Å². The molecule has 1 unspecified atom stereocenters. The van der Waals surface area contributed by atoms with Crippen molar-refractivity contribution < 1.29 is 0 Å². The van der Waals surface area contributed by atoms with Crippen LogP contribution in [0, 0.1) is 17.2 Å². The van der Waals surface area contributed by atoms with E-state index in [2.05, 4.69) is 19.9 Å².